The Hall–Kier alpha value is -2.49. The van der Waals surface area contributed by atoms with Gasteiger partial charge in [-0.05, 0) is 50.1 Å². The number of anilines is 1. The average molecular weight is 545 g/mol. The van der Waals surface area contributed by atoms with Crippen LogP contribution in [0.4, 0.5) is 5.69 Å². The number of methoxy groups -OCH3 is 1. The molecule has 0 unspecified atom stereocenters. The lowest BCUT2D eigenvalue weighted by atomic mass is 10.1. The smallest absolute Gasteiger partial charge is 0.244 e. The van der Waals surface area contributed by atoms with Crippen LogP contribution in [0.2, 0.25) is 10.0 Å². The van der Waals surface area contributed by atoms with Crippen molar-refractivity contribution in [2.75, 3.05) is 24.2 Å². The van der Waals surface area contributed by atoms with Gasteiger partial charge in [-0.15, -0.1) is 0 Å². The number of para-hydroxylation sites is 2. The van der Waals surface area contributed by atoms with Crippen molar-refractivity contribution in [3.8, 4) is 5.75 Å². The zero-order valence-corrected chi connectivity index (χ0v) is 22.7. The molecule has 192 valence electrons. The first-order chi connectivity index (χ1) is 16.4. The molecule has 0 spiro atoms. The van der Waals surface area contributed by atoms with Crippen molar-refractivity contribution in [3.63, 3.8) is 0 Å². The minimum Gasteiger partial charge on any atom is -0.495 e. The first kappa shape index (κ1) is 28.7. The van der Waals surface area contributed by atoms with Crippen molar-refractivity contribution in [1.82, 2.24) is 10.2 Å². The van der Waals surface area contributed by atoms with Crippen molar-refractivity contribution in [2.45, 2.75) is 45.8 Å². The third kappa shape index (κ3) is 7.75. The minimum atomic E-state index is -3.87. The molecule has 0 heterocycles. The van der Waals surface area contributed by atoms with Gasteiger partial charge in [-0.25, -0.2) is 8.42 Å². The topological polar surface area (TPSA) is 96.0 Å². The molecule has 2 aromatic carbocycles. The maximum Gasteiger partial charge on any atom is 0.244 e. The predicted octanol–water partition coefficient (Wildman–Crippen LogP) is 4.10. The Morgan fingerprint density at radius 3 is 2.34 bits per heavy atom. The molecule has 0 saturated carbocycles. The summed E-state index contributed by atoms with van der Waals surface area (Å²) in [6, 6.07) is 10.3. The van der Waals surface area contributed by atoms with Gasteiger partial charge in [-0.1, -0.05) is 48.3 Å². The van der Waals surface area contributed by atoms with Crippen molar-refractivity contribution in [1.29, 1.82) is 0 Å². The number of rotatable bonds is 11. The Morgan fingerprint density at radius 2 is 1.77 bits per heavy atom. The molecule has 35 heavy (non-hydrogen) atoms. The minimum absolute atomic E-state index is 0.0204. The van der Waals surface area contributed by atoms with E-state index >= 15 is 0 Å². The molecule has 0 fully saturated rings. The van der Waals surface area contributed by atoms with E-state index in [4.69, 9.17) is 27.9 Å². The normalized spacial score (nSPS) is 13.0. The Morgan fingerprint density at radius 1 is 1.11 bits per heavy atom. The van der Waals surface area contributed by atoms with E-state index < -0.39 is 28.5 Å². The van der Waals surface area contributed by atoms with Gasteiger partial charge in [-0.3, -0.25) is 13.9 Å². The third-order valence-corrected chi connectivity index (χ3v) is 7.27. The van der Waals surface area contributed by atoms with Crippen molar-refractivity contribution in [2.24, 2.45) is 0 Å². The summed E-state index contributed by atoms with van der Waals surface area (Å²) < 4.78 is 31.6. The number of nitrogens with zero attached hydrogens (tertiary/aromatic N) is 2. The van der Waals surface area contributed by atoms with Gasteiger partial charge in [0.2, 0.25) is 21.8 Å². The van der Waals surface area contributed by atoms with E-state index in [9.17, 15) is 18.0 Å². The summed E-state index contributed by atoms with van der Waals surface area (Å²) in [5.41, 5.74) is 0.780. The molecular formula is C24H31Cl2N3O5S. The highest BCUT2D eigenvalue weighted by atomic mass is 35.5. The maximum absolute atomic E-state index is 13.6. The van der Waals surface area contributed by atoms with Gasteiger partial charge >= 0.3 is 0 Å². The van der Waals surface area contributed by atoms with Crippen LogP contribution in [0.15, 0.2) is 42.5 Å². The quantitative estimate of drug-likeness (QED) is 0.460. The fourth-order valence-corrected chi connectivity index (χ4v) is 4.63. The van der Waals surface area contributed by atoms with E-state index in [1.165, 1.54) is 12.0 Å². The monoisotopic (exact) mass is 543 g/mol. The molecule has 0 aromatic heterocycles. The highest BCUT2D eigenvalue weighted by Crippen LogP contribution is 2.30. The number of halogens is 2. The van der Waals surface area contributed by atoms with Gasteiger partial charge in [0.1, 0.15) is 18.3 Å². The summed E-state index contributed by atoms with van der Waals surface area (Å²) in [6.07, 6.45) is 1.72. The molecule has 0 aliphatic carbocycles. The van der Waals surface area contributed by atoms with Gasteiger partial charge in [0.15, 0.2) is 0 Å². The van der Waals surface area contributed by atoms with Crippen LogP contribution in [0.3, 0.4) is 0 Å². The van der Waals surface area contributed by atoms with Crippen LogP contribution >= 0.6 is 23.2 Å². The fraction of sp³-hybridized carbons (Fsp3) is 0.417. The number of sulfonamides is 1. The van der Waals surface area contributed by atoms with Crippen LogP contribution in [0.5, 0.6) is 5.75 Å². The number of hydrogen-bond donors (Lipinski definition) is 1. The standard InChI is InChI=1S/C24H31Cl2N3O5S/c1-6-16(2)27-24(31)17(3)28(14-18-11-12-19(25)13-20(18)26)23(30)15-29(35(5,32)33)21-9-7-8-10-22(21)34-4/h7-13,16-17H,6,14-15H2,1-5H3,(H,27,31)/t16-,17-/m0/s1. The lowest BCUT2D eigenvalue weighted by molar-refractivity contribution is -0.139. The first-order valence-electron chi connectivity index (χ1n) is 11.0. The van der Waals surface area contributed by atoms with Crippen LogP contribution in [-0.4, -0.2) is 57.1 Å². The van der Waals surface area contributed by atoms with Gasteiger partial charge in [0.05, 0.1) is 19.1 Å². The molecule has 0 bridgehead atoms. The Kier molecular flexibility index (Phi) is 10.2. The largest absolute Gasteiger partial charge is 0.495 e. The lowest BCUT2D eigenvalue weighted by Crippen LogP contribution is -2.52. The molecule has 0 saturated heterocycles. The maximum atomic E-state index is 13.6. The van der Waals surface area contributed by atoms with Crippen LogP contribution in [0.25, 0.3) is 0 Å². The molecule has 0 aliphatic rings. The van der Waals surface area contributed by atoms with Crippen molar-refractivity contribution < 1.29 is 22.7 Å². The second-order valence-corrected chi connectivity index (χ2v) is 10.9. The molecule has 1 N–H and O–H groups in total. The van der Waals surface area contributed by atoms with Crippen molar-refractivity contribution in [3.05, 3.63) is 58.1 Å². The second-order valence-electron chi connectivity index (χ2n) is 8.19. The molecule has 8 nitrogen and oxygen atoms in total. The van der Waals surface area contributed by atoms with Crippen LogP contribution < -0.4 is 14.4 Å². The summed E-state index contributed by atoms with van der Waals surface area (Å²) in [5, 5.41) is 3.63. The Bertz CT molecular complexity index is 1160. The van der Waals surface area contributed by atoms with Crippen LogP contribution in [0.1, 0.15) is 32.8 Å². The first-order valence-corrected chi connectivity index (χ1v) is 13.6. The number of ether oxygens (including phenoxy) is 1. The predicted molar refractivity (Wildman–Crippen MR) is 140 cm³/mol. The number of carbonyl (C=O) groups is 2. The van der Waals surface area contributed by atoms with E-state index in [2.05, 4.69) is 5.32 Å². The molecule has 2 atom stereocenters. The van der Waals surface area contributed by atoms with Gasteiger partial charge in [-0.2, -0.15) is 0 Å². The number of amides is 2. The van der Waals surface area contributed by atoms with Gasteiger partial charge in [0.25, 0.3) is 0 Å². The van der Waals surface area contributed by atoms with E-state index in [0.29, 0.717) is 27.8 Å². The molecular weight excluding hydrogens is 513 g/mol. The summed E-state index contributed by atoms with van der Waals surface area (Å²) >= 11 is 12.3. The SMILES string of the molecule is CC[C@H](C)NC(=O)[C@H](C)N(Cc1ccc(Cl)cc1Cl)C(=O)CN(c1ccccc1OC)S(C)(=O)=O. The fourth-order valence-electron chi connectivity index (χ4n) is 3.31. The molecule has 2 rings (SSSR count). The van der Waals surface area contributed by atoms with Crippen LogP contribution in [-0.2, 0) is 26.2 Å². The highest BCUT2D eigenvalue weighted by Gasteiger charge is 2.31. The zero-order chi connectivity index (χ0) is 26.3. The Balaban J connectivity index is 2.46. The molecule has 11 heteroatoms. The summed E-state index contributed by atoms with van der Waals surface area (Å²) in [7, 11) is -2.46. The zero-order valence-electron chi connectivity index (χ0n) is 20.4. The summed E-state index contributed by atoms with van der Waals surface area (Å²) in [5.74, 6) is -0.652. The summed E-state index contributed by atoms with van der Waals surface area (Å²) in [4.78, 5) is 27.8. The summed E-state index contributed by atoms with van der Waals surface area (Å²) in [6.45, 7) is 4.83. The molecule has 2 amide bonds. The van der Waals surface area contributed by atoms with Crippen molar-refractivity contribution >= 4 is 50.7 Å². The number of benzene rings is 2. The molecule has 0 radical (unpaired) electrons. The number of hydrogen-bond acceptors (Lipinski definition) is 5. The highest BCUT2D eigenvalue weighted by molar-refractivity contribution is 7.92. The van der Waals surface area contributed by atoms with E-state index in [1.54, 1.807) is 49.4 Å². The van der Waals surface area contributed by atoms with E-state index in [1.807, 2.05) is 13.8 Å². The van der Waals surface area contributed by atoms with E-state index in [-0.39, 0.29) is 24.2 Å². The van der Waals surface area contributed by atoms with E-state index in [0.717, 1.165) is 10.6 Å². The third-order valence-electron chi connectivity index (χ3n) is 5.56. The lowest BCUT2D eigenvalue weighted by Gasteiger charge is -2.32. The average Bonchev–Trinajstić information content (AvgIpc) is 2.80. The number of carbonyl (C=O) groups excluding carboxylic acids is 2. The van der Waals surface area contributed by atoms with Gasteiger partial charge < -0.3 is 15.0 Å². The van der Waals surface area contributed by atoms with Gasteiger partial charge in [0, 0.05) is 22.6 Å². The molecule has 2 aromatic rings. The van der Waals surface area contributed by atoms with Crippen LogP contribution in [0, 0.1) is 0 Å². The Labute approximate surface area is 217 Å². The number of nitrogens with one attached hydrogen (secondary N) is 1. The molecule has 0 aliphatic heterocycles. The second kappa shape index (κ2) is 12.5.